The van der Waals surface area contributed by atoms with Crippen LogP contribution < -0.4 is 18.8 Å². The first-order chi connectivity index (χ1) is 10.2. The summed E-state index contributed by atoms with van der Waals surface area (Å²) < 4.78 is 47.5. The molecule has 0 saturated heterocycles. The van der Waals surface area contributed by atoms with Crippen molar-refractivity contribution in [2.24, 2.45) is 0 Å². The van der Waals surface area contributed by atoms with E-state index in [1.54, 1.807) is 12.1 Å². The Hall–Kier alpha value is -2.44. The molecule has 0 aromatic heterocycles. The van der Waals surface area contributed by atoms with E-state index in [-0.39, 0.29) is 30.7 Å². The van der Waals surface area contributed by atoms with Gasteiger partial charge in [0, 0.05) is 0 Å². The predicted octanol–water partition coefficient (Wildman–Crippen LogP) is 2.71. The van der Waals surface area contributed by atoms with Crippen LogP contribution in [0.2, 0.25) is 0 Å². The molecule has 0 heterocycles. The SMILES string of the molecule is COc1cccc(OBOc2cccc(OC)c2F)c1F. The van der Waals surface area contributed by atoms with E-state index >= 15 is 0 Å². The fraction of sp³-hybridized carbons (Fsp3) is 0.143. The number of benzene rings is 2. The third kappa shape index (κ3) is 3.36. The van der Waals surface area contributed by atoms with Crippen LogP contribution in [-0.2, 0) is 0 Å². The molecule has 0 radical (unpaired) electrons. The molecule has 0 aliphatic rings. The van der Waals surface area contributed by atoms with E-state index in [1.165, 1.54) is 38.5 Å². The van der Waals surface area contributed by atoms with Gasteiger partial charge in [-0.25, -0.2) is 0 Å². The van der Waals surface area contributed by atoms with E-state index in [4.69, 9.17) is 18.8 Å². The molecular formula is C14H13BF2O4. The fourth-order valence-corrected chi connectivity index (χ4v) is 1.68. The summed E-state index contributed by atoms with van der Waals surface area (Å²) in [6.45, 7) is 0. The number of rotatable bonds is 6. The van der Waals surface area contributed by atoms with Gasteiger partial charge in [0.15, 0.2) is 11.5 Å². The molecule has 0 atom stereocenters. The van der Waals surface area contributed by atoms with Crippen molar-refractivity contribution in [3.05, 3.63) is 48.0 Å². The molecule has 0 aliphatic heterocycles. The number of halogens is 2. The van der Waals surface area contributed by atoms with E-state index < -0.39 is 11.6 Å². The average molecular weight is 294 g/mol. The van der Waals surface area contributed by atoms with Gasteiger partial charge < -0.3 is 18.8 Å². The smallest absolute Gasteiger partial charge is 0.526 e. The normalized spacial score (nSPS) is 9.90. The van der Waals surface area contributed by atoms with Gasteiger partial charge in [0.25, 0.3) is 0 Å². The Kier molecular flexibility index (Phi) is 4.87. The van der Waals surface area contributed by atoms with Gasteiger partial charge in [-0.15, -0.1) is 0 Å². The topological polar surface area (TPSA) is 36.9 Å². The monoisotopic (exact) mass is 294 g/mol. The standard InChI is InChI=1S/C14H13BF2O4/c1-18-9-5-3-7-11(13(9)16)20-15-21-12-8-4-6-10(19-2)14(12)17/h3-8,15H,1-2H3. The van der Waals surface area contributed by atoms with E-state index in [0.717, 1.165) is 0 Å². The Balaban J connectivity index is 2.02. The molecule has 110 valence electrons. The van der Waals surface area contributed by atoms with E-state index in [2.05, 4.69) is 0 Å². The van der Waals surface area contributed by atoms with E-state index in [0.29, 0.717) is 0 Å². The lowest BCUT2D eigenvalue weighted by Gasteiger charge is -2.11. The maximum absolute atomic E-state index is 13.8. The Bertz CT molecular complexity index is 568. The molecule has 4 nitrogen and oxygen atoms in total. The van der Waals surface area contributed by atoms with Crippen molar-refractivity contribution in [2.45, 2.75) is 0 Å². The minimum absolute atomic E-state index is 0.0438. The molecule has 0 spiro atoms. The number of hydrogen-bond acceptors (Lipinski definition) is 4. The van der Waals surface area contributed by atoms with Crippen LogP contribution in [0.5, 0.6) is 23.0 Å². The third-order valence-electron chi connectivity index (χ3n) is 2.72. The quantitative estimate of drug-likeness (QED) is 0.768. The Morgan fingerprint density at radius 3 is 1.48 bits per heavy atom. The van der Waals surface area contributed by atoms with Gasteiger partial charge in [0.05, 0.1) is 14.2 Å². The van der Waals surface area contributed by atoms with Crippen LogP contribution >= 0.6 is 0 Å². The zero-order valence-corrected chi connectivity index (χ0v) is 11.6. The first-order valence-electron chi connectivity index (χ1n) is 6.08. The zero-order chi connectivity index (χ0) is 15.2. The van der Waals surface area contributed by atoms with Crippen molar-refractivity contribution in [3.8, 4) is 23.0 Å². The maximum atomic E-state index is 13.8. The van der Waals surface area contributed by atoms with Gasteiger partial charge in [0.1, 0.15) is 11.5 Å². The van der Waals surface area contributed by atoms with Gasteiger partial charge in [-0.1, -0.05) is 12.1 Å². The van der Waals surface area contributed by atoms with Crippen LogP contribution in [0.3, 0.4) is 0 Å². The second-order valence-corrected chi connectivity index (χ2v) is 3.95. The largest absolute Gasteiger partial charge is 0.576 e. The van der Waals surface area contributed by atoms with Crippen LogP contribution in [0.25, 0.3) is 0 Å². The predicted molar refractivity (Wildman–Crippen MR) is 74.3 cm³/mol. The Morgan fingerprint density at radius 1 is 0.714 bits per heavy atom. The molecule has 0 fully saturated rings. The van der Waals surface area contributed by atoms with E-state index in [1.807, 2.05) is 0 Å². The second-order valence-electron chi connectivity index (χ2n) is 3.95. The molecular weight excluding hydrogens is 281 g/mol. The summed E-state index contributed by atoms with van der Waals surface area (Å²) in [5.41, 5.74) is 0. The molecule has 0 unspecified atom stereocenters. The first kappa shape index (κ1) is 15.0. The highest BCUT2D eigenvalue weighted by atomic mass is 19.1. The van der Waals surface area contributed by atoms with Gasteiger partial charge >= 0.3 is 7.69 Å². The highest BCUT2D eigenvalue weighted by Gasteiger charge is 2.13. The van der Waals surface area contributed by atoms with Crippen molar-refractivity contribution in [1.82, 2.24) is 0 Å². The molecule has 7 heteroatoms. The molecule has 2 aromatic rings. The lowest BCUT2D eigenvalue weighted by atomic mass is 10.2. The molecule has 0 aliphatic carbocycles. The third-order valence-corrected chi connectivity index (χ3v) is 2.72. The number of methoxy groups -OCH3 is 2. The molecule has 21 heavy (non-hydrogen) atoms. The van der Waals surface area contributed by atoms with E-state index in [9.17, 15) is 8.78 Å². The van der Waals surface area contributed by atoms with Crippen LogP contribution in [0.4, 0.5) is 8.78 Å². The van der Waals surface area contributed by atoms with Crippen molar-refractivity contribution < 1.29 is 27.6 Å². The summed E-state index contributed by atoms with van der Waals surface area (Å²) >= 11 is 0. The van der Waals surface area contributed by atoms with Crippen LogP contribution in [-0.4, -0.2) is 21.9 Å². The first-order valence-corrected chi connectivity index (χ1v) is 6.08. The molecule has 0 saturated carbocycles. The van der Waals surface area contributed by atoms with Crippen molar-refractivity contribution in [3.63, 3.8) is 0 Å². The summed E-state index contributed by atoms with van der Waals surface area (Å²) in [6.07, 6.45) is 0. The summed E-state index contributed by atoms with van der Waals surface area (Å²) in [6, 6.07) is 8.91. The highest BCUT2D eigenvalue weighted by Crippen LogP contribution is 2.27. The lowest BCUT2D eigenvalue weighted by Crippen LogP contribution is -2.13. The summed E-state index contributed by atoms with van der Waals surface area (Å²) in [7, 11) is 2.35. The molecule has 0 N–H and O–H groups in total. The number of ether oxygens (including phenoxy) is 2. The van der Waals surface area contributed by atoms with Gasteiger partial charge in [-0.2, -0.15) is 8.78 Å². The average Bonchev–Trinajstić information content (AvgIpc) is 2.50. The summed E-state index contributed by atoms with van der Waals surface area (Å²) in [5.74, 6) is -1.26. The lowest BCUT2D eigenvalue weighted by molar-refractivity contribution is 0.362. The van der Waals surface area contributed by atoms with Gasteiger partial charge in [0.2, 0.25) is 11.6 Å². The van der Waals surface area contributed by atoms with Crippen molar-refractivity contribution in [1.29, 1.82) is 0 Å². The zero-order valence-electron chi connectivity index (χ0n) is 11.6. The maximum Gasteiger partial charge on any atom is 0.576 e. The van der Waals surface area contributed by atoms with Gasteiger partial charge in [-0.05, 0) is 24.3 Å². The summed E-state index contributed by atoms with van der Waals surface area (Å²) in [4.78, 5) is 0. The van der Waals surface area contributed by atoms with Crippen LogP contribution in [0.1, 0.15) is 0 Å². The molecule has 0 bridgehead atoms. The van der Waals surface area contributed by atoms with Gasteiger partial charge in [-0.3, -0.25) is 0 Å². The minimum atomic E-state index is -0.644. The molecule has 2 rings (SSSR count). The minimum Gasteiger partial charge on any atom is -0.526 e. The Labute approximate surface area is 121 Å². The van der Waals surface area contributed by atoms with Crippen molar-refractivity contribution >= 4 is 7.69 Å². The Morgan fingerprint density at radius 2 is 1.10 bits per heavy atom. The number of hydrogen-bond donors (Lipinski definition) is 0. The second kappa shape index (κ2) is 6.83. The highest BCUT2D eigenvalue weighted by molar-refractivity contribution is 6.20. The van der Waals surface area contributed by atoms with Crippen LogP contribution in [0.15, 0.2) is 36.4 Å². The molecule has 0 amide bonds. The fourth-order valence-electron chi connectivity index (χ4n) is 1.68. The summed E-state index contributed by atoms with van der Waals surface area (Å²) in [5, 5.41) is 0. The molecule has 2 aromatic carbocycles. The van der Waals surface area contributed by atoms with Crippen molar-refractivity contribution in [2.75, 3.05) is 14.2 Å². The van der Waals surface area contributed by atoms with Crippen LogP contribution in [0, 0.1) is 11.6 Å².